The molecule has 0 saturated carbocycles. The number of aromatic nitrogens is 1. The summed E-state index contributed by atoms with van der Waals surface area (Å²) in [6.07, 6.45) is 2.62. The fraction of sp³-hybridized carbons (Fsp3) is 0.448. The number of urea groups is 1. The molecule has 1 aliphatic heterocycles. The first kappa shape index (κ1) is 28.2. The molecule has 2 heterocycles. The molecule has 4 rings (SSSR count). The molecule has 0 spiro atoms. The lowest BCUT2D eigenvalue weighted by Crippen LogP contribution is -2.49. The zero-order valence-electron chi connectivity index (χ0n) is 23.0. The highest BCUT2D eigenvalue weighted by Gasteiger charge is 2.28. The molecule has 3 aromatic rings. The van der Waals surface area contributed by atoms with E-state index in [4.69, 9.17) is 9.47 Å². The standard InChI is InChI=1S/C29H36F2N4O4/c1-29(30,31)13-6-17-39-26-18-22(10-11-25(26)38-4)35-15-7-14-34(28(35)37)19-21-8-5-9-24-23(21)12-16-33(24)20-27(36)32(2)3/h5,8-12,16,18H,6-7,13-15,17,19-20H2,1-4H3. The van der Waals surface area contributed by atoms with Gasteiger partial charge in [-0.3, -0.25) is 9.69 Å². The van der Waals surface area contributed by atoms with Gasteiger partial charge in [-0.15, -0.1) is 0 Å². The summed E-state index contributed by atoms with van der Waals surface area (Å²) in [7, 11) is 4.98. The number of hydrogen-bond acceptors (Lipinski definition) is 4. The topological polar surface area (TPSA) is 67.2 Å². The molecule has 0 unspecified atom stereocenters. The number of alkyl halides is 2. The Balaban J connectivity index is 1.49. The van der Waals surface area contributed by atoms with Gasteiger partial charge in [0, 0.05) is 69.0 Å². The Morgan fingerprint density at radius 3 is 2.62 bits per heavy atom. The van der Waals surface area contributed by atoms with Gasteiger partial charge in [0.15, 0.2) is 11.5 Å². The number of carbonyl (C=O) groups is 2. The number of anilines is 1. The number of methoxy groups -OCH3 is 1. The molecule has 0 bridgehead atoms. The van der Waals surface area contributed by atoms with Crippen molar-refractivity contribution in [2.75, 3.05) is 45.8 Å². The van der Waals surface area contributed by atoms with Crippen molar-refractivity contribution in [1.29, 1.82) is 0 Å². The van der Waals surface area contributed by atoms with Crippen molar-refractivity contribution >= 4 is 28.5 Å². The second kappa shape index (κ2) is 11.9. The summed E-state index contributed by atoms with van der Waals surface area (Å²) in [6.45, 7) is 2.87. The first-order valence-corrected chi connectivity index (χ1v) is 13.1. The van der Waals surface area contributed by atoms with Crippen molar-refractivity contribution in [3.63, 3.8) is 0 Å². The Kier molecular flexibility index (Phi) is 8.62. The second-order valence-corrected chi connectivity index (χ2v) is 10.1. The molecule has 1 fully saturated rings. The van der Waals surface area contributed by atoms with Crippen LogP contribution in [0.4, 0.5) is 19.3 Å². The first-order chi connectivity index (χ1) is 18.6. The van der Waals surface area contributed by atoms with E-state index in [-0.39, 0.29) is 37.9 Å². The summed E-state index contributed by atoms with van der Waals surface area (Å²) < 4.78 is 39.4. The normalized spacial score (nSPS) is 14.2. The minimum Gasteiger partial charge on any atom is -0.493 e. The number of carbonyl (C=O) groups excluding carboxylic acids is 2. The van der Waals surface area contributed by atoms with Gasteiger partial charge in [0.1, 0.15) is 6.54 Å². The third kappa shape index (κ3) is 6.79. The number of rotatable bonds is 11. The SMILES string of the molecule is COc1ccc(N2CCCN(Cc3cccc4c3ccn4CC(=O)N(C)C)C2=O)cc1OCCCC(C)(F)F. The predicted molar refractivity (Wildman–Crippen MR) is 147 cm³/mol. The third-order valence-electron chi connectivity index (χ3n) is 6.86. The lowest BCUT2D eigenvalue weighted by molar-refractivity contribution is -0.129. The molecule has 1 aliphatic rings. The maximum absolute atomic E-state index is 13.6. The number of ether oxygens (including phenoxy) is 2. The van der Waals surface area contributed by atoms with Crippen LogP contribution in [0.25, 0.3) is 10.9 Å². The van der Waals surface area contributed by atoms with E-state index in [0.717, 1.165) is 29.8 Å². The lowest BCUT2D eigenvalue weighted by atomic mass is 10.1. The number of nitrogens with zero attached hydrogens (tertiary/aromatic N) is 4. The molecule has 8 nitrogen and oxygen atoms in total. The average Bonchev–Trinajstić information content (AvgIpc) is 3.30. The van der Waals surface area contributed by atoms with Crippen molar-refractivity contribution in [3.8, 4) is 11.5 Å². The van der Waals surface area contributed by atoms with E-state index in [2.05, 4.69) is 0 Å². The van der Waals surface area contributed by atoms with Crippen LogP contribution >= 0.6 is 0 Å². The zero-order chi connectivity index (χ0) is 28.2. The van der Waals surface area contributed by atoms with Crippen LogP contribution in [0, 0.1) is 0 Å². The quantitative estimate of drug-likeness (QED) is 0.305. The van der Waals surface area contributed by atoms with Gasteiger partial charge in [-0.2, -0.15) is 0 Å². The molecular weight excluding hydrogens is 506 g/mol. The summed E-state index contributed by atoms with van der Waals surface area (Å²) in [5.41, 5.74) is 2.61. The highest BCUT2D eigenvalue weighted by molar-refractivity contribution is 5.93. The van der Waals surface area contributed by atoms with Crippen molar-refractivity contribution in [3.05, 3.63) is 54.2 Å². The molecule has 3 amide bonds. The van der Waals surface area contributed by atoms with Gasteiger partial charge in [-0.25, -0.2) is 13.6 Å². The highest BCUT2D eigenvalue weighted by atomic mass is 19.3. The van der Waals surface area contributed by atoms with Gasteiger partial charge in [0.05, 0.1) is 13.7 Å². The van der Waals surface area contributed by atoms with Gasteiger partial charge >= 0.3 is 6.03 Å². The van der Waals surface area contributed by atoms with Crippen LogP contribution in [-0.2, 0) is 17.9 Å². The molecule has 1 saturated heterocycles. The molecule has 10 heteroatoms. The van der Waals surface area contributed by atoms with Crippen LogP contribution in [0.15, 0.2) is 48.7 Å². The molecule has 210 valence electrons. The van der Waals surface area contributed by atoms with E-state index in [1.807, 2.05) is 39.9 Å². The molecule has 0 aliphatic carbocycles. The highest BCUT2D eigenvalue weighted by Crippen LogP contribution is 2.34. The maximum atomic E-state index is 13.6. The van der Waals surface area contributed by atoms with Gasteiger partial charge in [-0.1, -0.05) is 12.1 Å². The van der Waals surface area contributed by atoms with Gasteiger partial charge < -0.3 is 23.8 Å². The summed E-state index contributed by atoms with van der Waals surface area (Å²) in [6, 6.07) is 13.1. The molecule has 0 radical (unpaired) electrons. The Morgan fingerprint density at radius 2 is 1.90 bits per heavy atom. The predicted octanol–water partition coefficient (Wildman–Crippen LogP) is 5.38. The van der Waals surface area contributed by atoms with Crippen molar-refractivity contribution in [1.82, 2.24) is 14.4 Å². The number of benzene rings is 2. The lowest BCUT2D eigenvalue weighted by Gasteiger charge is -2.36. The Labute approximate surface area is 227 Å². The fourth-order valence-corrected chi connectivity index (χ4v) is 4.73. The van der Waals surface area contributed by atoms with E-state index in [0.29, 0.717) is 36.8 Å². The molecule has 1 aromatic heterocycles. The van der Waals surface area contributed by atoms with Gasteiger partial charge in [0.2, 0.25) is 11.8 Å². The monoisotopic (exact) mass is 542 g/mol. The van der Waals surface area contributed by atoms with E-state index in [1.54, 1.807) is 42.1 Å². The molecule has 0 N–H and O–H groups in total. The minimum atomic E-state index is -2.74. The Morgan fingerprint density at radius 1 is 1.10 bits per heavy atom. The number of halogens is 2. The number of hydrogen-bond donors (Lipinski definition) is 0. The smallest absolute Gasteiger partial charge is 0.324 e. The third-order valence-corrected chi connectivity index (χ3v) is 6.86. The van der Waals surface area contributed by atoms with Crippen LogP contribution in [0.5, 0.6) is 11.5 Å². The summed E-state index contributed by atoms with van der Waals surface area (Å²) >= 11 is 0. The molecule has 39 heavy (non-hydrogen) atoms. The second-order valence-electron chi connectivity index (χ2n) is 10.1. The number of likely N-dealkylation sites (N-methyl/N-ethyl adjacent to an activating group) is 1. The minimum absolute atomic E-state index is 0.00546. The van der Waals surface area contributed by atoms with E-state index < -0.39 is 5.92 Å². The molecule has 2 aromatic carbocycles. The number of amides is 3. The van der Waals surface area contributed by atoms with Crippen LogP contribution in [0.2, 0.25) is 0 Å². The van der Waals surface area contributed by atoms with Crippen molar-refractivity contribution in [2.24, 2.45) is 0 Å². The van der Waals surface area contributed by atoms with Crippen molar-refractivity contribution in [2.45, 2.75) is 45.2 Å². The summed E-state index contributed by atoms with van der Waals surface area (Å²) in [5, 5.41) is 1.01. The van der Waals surface area contributed by atoms with Gasteiger partial charge in [-0.05, 0) is 49.6 Å². The van der Waals surface area contributed by atoms with E-state index in [9.17, 15) is 18.4 Å². The van der Waals surface area contributed by atoms with Crippen LogP contribution in [0.1, 0.15) is 31.7 Å². The van der Waals surface area contributed by atoms with E-state index in [1.165, 1.54) is 7.11 Å². The Hall–Kier alpha value is -3.82. The summed E-state index contributed by atoms with van der Waals surface area (Å²) in [4.78, 5) is 30.9. The molecule has 0 atom stereocenters. The summed E-state index contributed by atoms with van der Waals surface area (Å²) in [5.74, 6) is -1.84. The Bertz CT molecular complexity index is 1320. The maximum Gasteiger partial charge on any atom is 0.324 e. The van der Waals surface area contributed by atoms with Crippen LogP contribution in [-0.4, -0.2) is 73.1 Å². The molecular formula is C29H36F2N4O4. The largest absolute Gasteiger partial charge is 0.493 e. The van der Waals surface area contributed by atoms with Crippen LogP contribution in [0.3, 0.4) is 0 Å². The van der Waals surface area contributed by atoms with Crippen molar-refractivity contribution < 1.29 is 27.8 Å². The fourth-order valence-electron chi connectivity index (χ4n) is 4.73. The first-order valence-electron chi connectivity index (χ1n) is 13.1. The van der Waals surface area contributed by atoms with E-state index >= 15 is 0 Å². The van der Waals surface area contributed by atoms with Gasteiger partial charge in [0.25, 0.3) is 0 Å². The van der Waals surface area contributed by atoms with Crippen LogP contribution < -0.4 is 14.4 Å². The number of fused-ring (bicyclic) bond motifs is 1. The zero-order valence-corrected chi connectivity index (χ0v) is 23.0. The average molecular weight is 543 g/mol.